The largest absolute Gasteiger partial charge is 0.263 e. The number of hydrogen-bond acceptors (Lipinski definition) is 4. The summed E-state index contributed by atoms with van der Waals surface area (Å²) in [6.45, 7) is 0. The third kappa shape index (κ3) is 2.63. The maximum Gasteiger partial charge on any atom is 0.263 e. The van der Waals surface area contributed by atoms with Crippen molar-refractivity contribution in [2.45, 2.75) is 6.42 Å². The standard InChI is InChI=1S/C16H11ClN2O2S2/c17-11-6-7-13-14(9-11)22-16(18-13)19-23(20,21)15-8-5-10-3-1-2-4-12(10)15/h1-4,6-9H,5H2,(H,18,19). The second-order valence-corrected chi connectivity index (χ2v) is 8.28. The van der Waals surface area contributed by atoms with Gasteiger partial charge < -0.3 is 0 Å². The second-order valence-electron chi connectivity index (χ2n) is 5.17. The van der Waals surface area contributed by atoms with Crippen LogP contribution in [0, 0.1) is 0 Å². The van der Waals surface area contributed by atoms with E-state index < -0.39 is 10.0 Å². The third-order valence-electron chi connectivity index (χ3n) is 3.65. The summed E-state index contributed by atoms with van der Waals surface area (Å²) >= 11 is 7.22. The second kappa shape index (κ2) is 5.33. The number of benzene rings is 2. The molecule has 0 fully saturated rings. The minimum absolute atomic E-state index is 0.311. The molecule has 0 saturated carbocycles. The molecule has 1 heterocycles. The SMILES string of the molecule is O=S(=O)(Nc1nc2ccc(Cl)cc2s1)C1=CCc2ccccc21. The summed E-state index contributed by atoms with van der Waals surface area (Å²) in [5.74, 6) is 0. The van der Waals surface area contributed by atoms with Crippen LogP contribution in [-0.4, -0.2) is 13.4 Å². The summed E-state index contributed by atoms with van der Waals surface area (Å²) in [6.07, 6.45) is 2.36. The van der Waals surface area contributed by atoms with E-state index in [-0.39, 0.29) is 0 Å². The van der Waals surface area contributed by atoms with Crippen molar-refractivity contribution in [2.75, 3.05) is 4.72 Å². The first-order chi connectivity index (χ1) is 11.0. The molecule has 23 heavy (non-hydrogen) atoms. The van der Waals surface area contributed by atoms with Crippen LogP contribution in [0.3, 0.4) is 0 Å². The lowest BCUT2D eigenvalue weighted by atomic mass is 10.1. The van der Waals surface area contributed by atoms with Gasteiger partial charge in [0.2, 0.25) is 0 Å². The van der Waals surface area contributed by atoms with Gasteiger partial charge in [0.05, 0.1) is 15.1 Å². The summed E-state index contributed by atoms with van der Waals surface area (Å²) < 4.78 is 28.8. The van der Waals surface area contributed by atoms with Crippen LogP contribution in [0.5, 0.6) is 0 Å². The lowest BCUT2D eigenvalue weighted by molar-refractivity contribution is 0.610. The normalized spacial score (nSPS) is 13.9. The molecular formula is C16H11ClN2O2S2. The molecular weight excluding hydrogens is 352 g/mol. The zero-order chi connectivity index (χ0) is 16.0. The van der Waals surface area contributed by atoms with Gasteiger partial charge in [0.15, 0.2) is 5.13 Å². The Morgan fingerprint density at radius 3 is 2.87 bits per heavy atom. The molecule has 116 valence electrons. The average molecular weight is 363 g/mol. The molecule has 2 aromatic carbocycles. The van der Waals surface area contributed by atoms with Gasteiger partial charge in [0.1, 0.15) is 0 Å². The van der Waals surface area contributed by atoms with E-state index in [1.807, 2.05) is 24.3 Å². The molecule has 0 aliphatic heterocycles. The van der Waals surface area contributed by atoms with Crippen LogP contribution in [0.1, 0.15) is 11.1 Å². The Kier molecular flexibility index (Phi) is 3.41. The molecule has 0 bridgehead atoms. The Morgan fingerprint density at radius 1 is 1.17 bits per heavy atom. The Labute approximate surface area is 142 Å². The fourth-order valence-electron chi connectivity index (χ4n) is 2.62. The zero-order valence-electron chi connectivity index (χ0n) is 11.8. The number of fused-ring (bicyclic) bond motifs is 2. The highest BCUT2D eigenvalue weighted by molar-refractivity contribution is 8.02. The van der Waals surface area contributed by atoms with Crippen molar-refractivity contribution in [1.29, 1.82) is 0 Å². The van der Waals surface area contributed by atoms with Crippen LogP contribution < -0.4 is 4.72 Å². The molecule has 0 unspecified atom stereocenters. The number of halogens is 1. The Hall–Kier alpha value is -1.89. The minimum Gasteiger partial charge on any atom is -0.255 e. The van der Waals surface area contributed by atoms with Gasteiger partial charge in [0.25, 0.3) is 10.0 Å². The first kappa shape index (κ1) is 14.7. The molecule has 0 saturated heterocycles. The van der Waals surface area contributed by atoms with Crippen molar-refractivity contribution in [2.24, 2.45) is 0 Å². The molecule has 4 nitrogen and oxygen atoms in total. The van der Waals surface area contributed by atoms with Crippen molar-refractivity contribution >= 4 is 53.2 Å². The van der Waals surface area contributed by atoms with Crippen LogP contribution in [0.2, 0.25) is 5.02 Å². The number of aromatic nitrogens is 1. The Balaban J connectivity index is 1.70. The number of nitrogens with one attached hydrogen (secondary N) is 1. The maximum absolute atomic E-state index is 12.7. The molecule has 1 N–H and O–H groups in total. The van der Waals surface area contributed by atoms with E-state index in [4.69, 9.17) is 11.6 Å². The van der Waals surface area contributed by atoms with Crippen molar-refractivity contribution in [1.82, 2.24) is 4.98 Å². The molecule has 1 aliphatic rings. The number of thiazole rings is 1. The Bertz CT molecular complexity index is 1050. The summed E-state index contributed by atoms with van der Waals surface area (Å²) in [7, 11) is -3.66. The van der Waals surface area contributed by atoms with Gasteiger partial charge in [-0.1, -0.05) is 53.3 Å². The highest BCUT2D eigenvalue weighted by Gasteiger charge is 2.26. The van der Waals surface area contributed by atoms with E-state index in [9.17, 15) is 8.42 Å². The van der Waals surface area contributed by atoms with Crippen molar-refractivity contribution in [3.63, 3.8) is 0 Å². The van der Waals surface area contributed by atoms with E-state index in [0.29, 0.717) is 21.5 Å². The zero-order valence-corrected chi connectivity index (χ0v) is 14.2. The van der Waals surface area contributed by atoms with Crippen molar-refractivity contribution in [3.05, 3.63) is 64.7 Å². The van der Waals surface area contributed by atoms with Crippen molar-refractivity contribution < 1.29 is 8.42 Å². The van der Waals surface area contributed by atoms with Crippen LogP contribution in [0.15, 0.2) is 48.5 Å². The minimum atomic E-state index is -3.66. The number of sulfonamides is 1. The van der Waals surface area contributed by atoms with Gasteiger partial charge in [0, 0.05) is 5.02 Å². The number of hydrogen-bond donors (Lipinski definition) is 1. The molecule has 1 aromatic heterocycles. The maximum atomic E-state index is 12.7. The summed E-state index contributed by atoms with van der Waals surface area (Å²) in [6, 6.07) is 12.8. The highest BCUT2D eigenvalue weighted by Crippen LogP contribution is 2.34. The van der Waals surface area contributed by atoms with Gasteiger partial charge in [-0.25, -0.2) is 13.4 Å². The molecule has 7 heteroatoms. The van der Waals surface area contributed by atoms with Gasteiger partial charge in [-0.15, -0.1) is 0 Å². The smallest absolute Gasteiger partial charge is 0.255 e. The monoisotopic (exact) mass is 362 g/mol. The molecule has 1 aliphatic carbocycles. The van der Waals surface area contributed by atoms with Crippen LogP contribution in [0.4, 0.5) is 5.13 Å². The van der Waals surface area contributed by atoms with E-state index >= 15 is 0 Å². The van der Waals surface area contributed by atoms with Crippen LogP contribution in [-0.2, 0) is 16.4 Å². The van der Waals surface area contributed by atoms with E-state index in [2.05, 4.69) is 9.71 Å². The topological polar surface area (TPSA) is 59.1 Å². The summed E-state index contributed by atoms with van der Waals surface area (Å²) in [5.41, 5.74) is 2.49. The van der Waals surface area contributed by atoms with Gasteiger partial charge in [-0.05, 0) is 35.7 Å². The predicted octanol–water partition coefficient (Wildman–Crippen LogP) is 4.29. The molecule has 0 radical (unpaired) electrons. The number of nitrogens with zero attached hydrogens (tertiary/aromatic N) is 1. The Morgan fingerprint density at radius 2 is 2.00 bits per heavy atom. The van der Waals surface area contributed by atoms with E-state index in [1.54, 1.807) is 24.3 Å². The summed E-state index contributed by atoms with van der Waals surface area (Å²) in [5, 5.41) is 0.940. The van der Waals surface area contributed by atoms with Gasteiger partial charge in [-0.3, -0.25) is 4.72 Å². The van der Waals surface area contributed by atoms with Crippen LogP contribution >= 0.6 is 22.9 Å². The van der Waals surface area contributed by atoms with Gasteiger partial charge in [-0.2, -0.15) is 0 Å². The number of rotatable bonds is 3. The first-order valence-corrected chi connectivity index (χ1v) is 9.58. The highest BCUT2D eigenvalue weighted by atomic mass is 35.5. The number of anilines is 1. The quantitative estimate of drug-likeness (QED) is 0.756. The molecule has 0 amide bonds. The number of allylic oxidation sites excluding steroid dienone is 1. The molecule has 0 spiro atoms. The molecule has 4 rings (SSSR count). The fraction of sp³-hybridized carbons (Fsp3) is 0.0625. The van der Waals surface area contributed by atoms with E-state index in [0.717, 1.165) is 21.3 Å². The van der Waals surface area contributed by atoms with Crippen LogP contribution in [0.25, 0.3) is 15.1 Å². The molecule has 3 aromatic rings. The molecule has 0 atom stereocenters. The lowest BCUT2D eigenvalue weighted by Gasteiger charge is -2.07. The van der Waals surface area contributed by atoms with E-state index in [1.165, 1.54) is 11.3 Å². The van der Waals surface area contributed by atoms with Crippen molar-refractivity contribution in [3.8, 4) is 0 Å². The predicted molar refractivity (Wildman–Crippen MR) is 95.3 cm³/mol. The summed E-state index contributed by atoms with van der Waals surface area (Å²) in [4.78, 5) is 4.62. The first-order valence-electron chi connectivity index (χ1n) is 6.90. The lowest BCUT2D eigenvalue weighted by Crippen LogP contribution is -2.13. The third-order valence-corrected chi connectivity index (χ3v) is 6.38. The fourth-order valence-corrected chi connectivity index (χ4v) is 5.28. The van der Waals surface area contributed by atoms with Gasteiger partial charge >= 0.3 is 0 Å². The average Bonchev–Trinajstić information content (AvgIpc) is 3.09.